The summed E-state index contributed by atoms with van der Waals surface area (Å²) in [5, 5.41) is 0. The summed E-state index contributed by atoms with van der Waals surface area (Å²) in [4.78, 5) is 4.00. The van der Waals surface area contributed by atoms with E-state index < -0.39 is 10.0 Å². The van der Waals surface area contributed by atoms with Gasteiger partial charge in [0, 0.05) is 25.5 Å². The summed E-state index contributed by atoms with van der Waals surface area (Å²) in [6.07, 6.45) is 3.15. The first kappa shape index (κ1) is 17.6. The van der Waals surface area contributed by atoms with Crippen molar-refractivity contribution in [3.63, 3.8) is 0 Å². The molecule has 2 aromatic rings. The Morgan fingerprint density at radius 2 is 1.61 bits per heavy atom. The molecule has 0 unspecified atom stereocenters. The zero-order valence-corrected chi connectivity index (χ0v) is 14.4. The quantitative estimate of drug-likeness (QED) is 0.845. The Hall–Kier alpha value is -1.76. The highest BCUT2D eigenvalue weighted by atomic mass is 32.2. The molecule has 1 aromatic carbocycles. The largest absolute Gasteiger partial charge is 0.381 e. The molecular weight excluding hydrogens is 312 g/mol. The van der Waals surface area contributed by atoms with Crippen molar-refractivity contribution in [1.82, 2.24) is 9.71 Å². The first-order valence-electron chi connectivity index (χ1n) is 7.44. The molecule has 124 valence electrons. The minimum atomic E-state index is -3.39. The standard InChI is InChI=1S/C17H22N2O3S/c1-13(22-3)12-23(20,21)19-14(2)15-4-6-16(7-5-15)17-8-10-18-11-9-17/h4-11,13-14,19H,12H2,1-3H3/t13-,14+/m1/s1. The number of ether oxygens (including phenoxy) is 1. The Labute approximate surface area is 137 Å². The van der Waals surface area contributed by atoms with Gasteiger partial charge in [0.2, 0.25) is 10.0 Å². The molecule has 0 radical (unpaired) electrons. The van der Waals surface area contributed by atoms with E-state index in [4.69, 9.17) is 4.74 Å². The van der Waals surface area contributed by atoms with Crippen molar-refractivity contribution in [3.8, 4) is 11.1 Å². The van der Waals surface area contributed by atoms with E-state index in [1.165, 1.54) is 7.11 Å². The normalized spacial score (nSPS) is 14.4. The highest BCUT2D eigenvalue weighted by molar-refractivity contribution is 7.89. The molecule has 0 saturated carbocycles. The lowest BCUT2D eigenvalue weighted by Crippen LogP contribution is -2.33. The predicted octanol–water partition coefficient (Wildman–Crippen LogP) is 2.76. The second kappa shape index (κ2) is 7.68. The number of nitrogens with one attached hydrogen (secondary N) is 1. The van der Waals surface area contributed by atoms with Gasteiger partial charge in [-0.15, -0.1) is 0 Å². The van der Waals surface area contributed by atoms with Gasteiger partial charge in [-0.1, -0.05) is 24.3 Å². The molecule has 23 heavy (non-hydrogen) atoms. The van der Waals surface area contributed by atoms with Crippen molar-refractivity contribution >= 4 is 10.0 Å². The molecule has 0 aliphatic heterocycles. The number of aromatic nitrogens is 1. The molecule has 0 amide bonds. The number of hydrogen-bond donors (Lipinski definition) is 1. The molecule has 0 bridgehead atoms. The van der Waals surface area contributed by atoms with Crippen LogP contribution in [0.2, 0.25) is 0 Å². The topological polar surface area (TPSA) is 68.3 Å². The van der Waals surface area contributed by atoms with E-state index in [0.717, 1.165) is 16.7 Å². The minimum absolute atomic E-state index is 0.0526. The lowest BCUT2D eigenvalue weighted by molar-refractivity contribution is 0.136. The molecule has 1 heterocycles. The highest BCUT2D eigenvalue weighted by Gasteiger charge is 2.19. The van der Waals surface area contributed by atoms with Crippen molar-refractivity contribution in [2.75, 3.05) is 12.9 Å². The summed E-state index contributed by atoms with van der Waals surface area (Å²) in [7, 11) is -1.88. The van der Waals surface area contributed by atoms with E-state index in [-0.39, 0.29) is 17.9 Å². The summed E-state index contributed by atoms with van der Waals surface area (Å²) >= 11 is 0. The monoisotopic (exact) mass is 334 g/mol. The van der Waals surface area contributed by atoms with Gasteiger partial charge in [-0.2, -0.15) is 0 Å². The van der Waals surface area contributed by atoms with Crippen molar-refractivity contribution in [1.29, 1.82) is 0 Å². The fourth-order valence-electron chi connectivity index (χ4n) is 2.27. The van der Waals surface area contributed by atoms with Crippen LogP contribution in [-0.2, 0) is 14.8 Å². The van der Waals surface area contributed by atoms with Crippen LogP contribution in [0.25, 0.3) is 11.1 Å². The number of methoxy groups -OCH3 is 1. The van der Waals surface area contributed by atoms with Crippen molar-refractivity contribution < 1.29 is 13.2 Å². The Morgan fingerprint density at radius 1 is 1.04 bits per heavy atom. The van der Waals surface area contributed by atoms with Gasteiger partial charge in [-0.05, 0) is 42.7 Å². The van der Waals surface area contributed by atoms with Gasteiger partial charge >= 0.3 is 0 Å². The molecule has 0 aliphatic carbocycles. The van der Waals surface area contributed by atoms with E-state index in [1.54, 1.807) is 19.3 Å². The smallest absolute Gasteiger partial charge is 0.214 e. The van der Waals surface area contributed by atoms with Crippen molar-refractivity contribution in [3.05, 3.63) is 54.4 Å². The third-order valence-corrected chi connectivity index (χ3v) is 5.26. The van der Waals surface area contributed by atoms with Gasteiger partial charge in [-0.3, -0.25) is 4.98 Å². The average molecular weight is 334 g/mol. The highest BCUT2D eigenvalue weighted by Crippen LogP contribution is 2.21. The van der Waals surface area contributed by atoms with Gasteiger partial charge in [-0.25, -0.2) is 13.1 Å². The van der Waals surface area contributed by atoms with E-state index >= 15 is 0 Å². The third kappa shape index (κ3) is 5.13. The molecule has 1 aromatic heterocycles. The van der Waals surface area contributed by atoms with Gasteiger partial charge < -0.3 is 4.74 Å². The number of benzene rings is 1. The third-order valence-electron chi connectivity index (χ3n) is 3.64. The fraction of sp³-hybridized carbons (Fsp3) is 0.353. The molecule has 5 nitrogen and oxygen atoms in total. The minimum Gasteiger partial charge on any atom is -0.381 e. The number of sulfonamides is 1. The molecule has 0 fully saturated rings. The summed E-state index contributed by atoms with van der Waals surface area (Å²) in [5.74, 6) is -0.0526. The second-order valence-electron chi connectivity index (χ2n) is 5.53. The summed E-state index contributed by atoms with van der Waals surface area (Å²) < 4.78 is 31.8. The van der Waals surface area contributed by atoms with Gasteiger partial charge in [0.15, 0.2) is 0 Å². The van der Waals surface area contributed by atoms with Crippen LogP contribution in [0.5, 0.6) is 0 Å². The lowest BCUT2D eigenvalue weighted by Gasteiger charge is -2.17. The Bertz CT molecular complexity index is 715. The van der Waals surface area contributed by atoms with Crippen LogP contribution in [0.1, 0.15) is 25.5 Å². The summed E-state index contributed by atoms with van der Waals surface area (Å²) in [6, 6.07) is 11.4. The van der Waals surface area contributed by atoms with Crippen molar-refractivity contribution in [2.45, 2.75) is 26.0 Å². The number of hydrogen-bond acceptors (Lipinski definition) is 4. The zero-order chi connectivity index (χ0) is 16.9. The maximum atomic E-state index is 12.1. The van der Waals surface area contributed by atoms with E-state index in [0.29, 0.717) is 0 Å². The van der Waals surface area contributed by atoms with Crippen LogP contribution >= 0.6 is 0 Å². The Morgan fingerprint density at radius 3 is 2.17 bits per heavy atom. The first-order chi connectivity index (χ1) is 10.9. The molecule has 2 rings (SSSR count). The van der Waals surface area contributed by atoms with Crippen LogP contribution in [0.4, 0.5) is 0 Å². The first-order valence-corrected chi connectivity index (χ1v) is 9.09. The van der Waals surface area contributed by atoms with Crippen LogP contribution < -0.4 is 4.72 Å². The Balaban J connectivity index is 2.07. The van der Waals surface area contributed by atoms with Crippen molar-refractivity contribution in [2.24, 2.45) is 0 Å². The molecule has 0 saturated heterocycles. The second-order valence-corrected chi connectivity index (χ2v) is 7.32. The zero-order valence-electron chi connectivity index (χ0n) is 13.6. The van der Waals surface area contributed by atoms with E-state index in [1.807, 2.05) is 43.3 Å². The van der Waals surface area contributed by atoms with E-state index in [2.05, 4.69) is 9.71 Å². The molecule has 2 atom stereocenters. The number of nitrogens with zero attached hydrogens (tertiary/aromatic N) is 1. The lowest BCUT2D eigenvalue weighted by atomic mass is 10.0. The van der Waals surface area contributed by atoms with Crippen LogP contribution in [0, 0.1) is 0 Å². The molecular formula is C17H22N2O3S. The van der Waals surface area contributed by atoms with Crippen LogP contribution in [0.3, 0.4) is 0 Å². The van der Waals surface area contributed by atoms with Gasteiger partial charge in [0.05, 0.1) is 11.9 Å². The summed E-state index contributed by atoms with van der Waals surface area (Å²) in [6.45, 7) is 3.56. The molecule has 0 aliphatic rings. The number of rotatable bonds is 7. The average Bonchev–Trinajstić information content (AvgIpc) is 2.54. The van der Waals surface area contributed by atoms with E-state index in [9.17, 15) is 8.42 Å². The molecule has 0 spiro atoms. The molecule has 1 N–H and O–H groups in total. The Kier molecular flexibility index (Phi) is 5.87. The maximum Gasteiger partial charge on any atom is 0.214 e. The summed E-state index contributed by atoms with van der Waals surface area (Å²) in [5.41, 5.74) is 3.06. The fourth-order valence-corrected chi connectivity index (χ4v) is 3.80. The SMILES string of the molecule is CO[C@H](C)CS(=O)(=O)N[C@@H](C)c1ccc(-c2ccncc2)cc1. The van der Waals surface area contributed by atoms with Gasteiger partial charge in [0.1, 0.15) is 0 Å². The van der Waals surface area contributed by atoms with Crippen LogP contribution in [-0.4, -0.2) is 32.4 Å². The van der Waals surface area contributed by atoms with Gasteiger partial charge in [0.25, 0.3) is 0 Å². The maximum absolute atomic E-state index is 12.1. The number of pyridine rings is 1. The predicted molar refractivity (Wildman–Crippen MR) is 91.5 cm³/mol. The van der Waals surface area contributed by atoms with Crippen LogP contribution in [0.15, 0.2) is 48.8 Å². The molecule has 6 heteroatoms.